The topological polar surface area (TPSA) is 123 Å². The largest absolute Gasteiger partial charge is 0.486 e. The Balaban J connectivity index is 1.44. The van der Waals surface area contributed by atoms with Crippen LogP contribution in [0, 0.1) is 5.92 Å². The summed E-state index contributed by atoms with van der Waals surface area (Å²) < 4.78 is 43.3. The van der Waals surface area contributed by atoms with Crippen LogP contribution in [-0.2, 0) is 19.6 Å². The molecule has 4 rings (SSSR count). The molecule has 0 aromatic heterocycles. The van der Waals surface area contributed by atoms with Crippen LogP contribution in [0.4, 0.5) is 16.2 Å². The highest BCUT2D eigenvalue weighted by Gasteiger charge is 2.34. The summed E-state index contributed by atoms with van der Waals surface area (Å²) >= 11 is 0. The maximum atomic E-state index is 13.1. The van der Waals surface area contributed by atoms with Gasteiger partial charge >= 0.3 is 6.09 Å². The van der Waals surface area contributed by atoms with Crippen molar-refractivity contribution in [3.05, 3.63) is 42.5 Å². The number of nitrogens with one attached hydrogen (secondary N) is 2. The van der Waals surface area contributed by atoms with E-state index in [-0.39, 0.29) is 17.3 Å². The summed E-state index contributed by atoms with van der Waals surface area (Å²) in [5.41, 5.74) is 0.917. The van der Waals surface area contributed by atoms with Crippen LogP contribution in [0.15, 0.2) is 47.4 Å². The van der Waals surface area contributed by atoms with Gasteiger partial charge in [0.2, 0.25) is 15.9 Å². The van der Waals surface area contributed by atoms with Gasteiger partial charge in [-0.3, -0.25) is 10.1 Å². The summed E-state index contributed by atoms with van der Waals surface area (Å²) in [4.78, 5) is 24.4. The maximum Gasteiger partial charge on any atom is 0.411 e. The molecule has 1 fully saturated rings. The van der Waals surface area contributed by atoms with Gasteiger partial charge in [-0.05, 0) is 49.2 Å². The minimum absolute atomic E-state index is 0.0721. The fourth-order valence-corrected chi connectivity index (χ4v) is 5.33. The lowest BCUT2D eigenvalue weighted by Crippen LogP contribution is -2.43. The Morgan fingerprint density at radius 1 is 1.06 bits per heavy atom. The lowest BCUT2D eigenvalue weighted by molar-refractivity contribution is -0.120. The fourth-order valence-electron chi connectivity index (χ4n) is 3.81. The molecule has 2 heterocycles. The molecule has 0 bridgehead atoms. The Morgan fingerprint density at radius 3 is 2.58 bits per heavy atom. The van der Waals surface area contributed by atoms with Gasteiger partial charge in [-0.2, -0.15) is 4.31 Å². The zero-order valence-corrected chi connectivity index (χ0v) is 18.9. The van der Waals surface area contributed by atoms with Crippen LogP contribution in [-0.4, -0.2) is 58.1 Å². The molecule has 2 aromatic rings. The molecule has 10 nitrogen and oxygen atoms in total. The summed E-state index contributed by atoms with van der Waals surface area (Å²) in [5, 5.41) is 5.34. The maximum absolute atomic E-state index is 13.1. The number of hydrogen-bond acceptors (Lipinski definition) is 7. The van der Waals surface area contributed by atoms with Gasteiger partial charge in [-0.1, -0.05) is 6.07 Å². The summed E-state index contributed by atoms with van der Waals surface area (Å²) in [5.74, 6) is 0.277. The van der Waals surface area contributed by atoms with Gasteiger partial charge in [-0.15, -0.1) is 0 Å². The van der Waals surface area contributed by atoms with Crippen molar-refractivity contribution in [1.29, 1.82) is 0 Å². The number of carbonyl (C=O) groups is 2. The second-order valence-electron chi connectivity index (χ2n) is 7.66. The zero-order chi connectivity index (χ0) is 23.4. The van der Waals surface area contributed by atoms with E-state index in [1.807, 2.05) is 0 Å². The second-order valence-corrected chi connectivity index (χ2v) is 9.60. The minimum atomic E-state index is -3.80. The Labute approximate surface area is 191 Å². The number of fused-ring (bicyclic) bond motifs is 1. The average Bonchev–Trinajstić information content (AvgIpc) is 2.84. The quantitative estimate of drug-likeness (QED) is 0.681. The van der Waals surface area contributed by atoms with E-state index in [1.165, 1.54) is 35.7 Å². The fraction of sp³-hybridized carbons (Fsp3) is 0.364. The number of hydrogen-bond donors (Lipinski definition) is 2. The lowest BCUT2D eigenvalue weighted by atomic mass is 9.98. The third kappa shape index (κ3) is 5.04. The van der Waals surface area contributed by atoms with Crippen LogP contribution in [0.1, 0.15) is 12.8 Å². The van der Waals surface area contributed by atoms with Crippen LogP contribution >= 0.6 is 0 Å². The van der Waals surface area contributed by atoms with Crippen LogP contribution in [0.25, 0.3) is 0 Å². The smallest absolute Gasteiger partial charge is 0.411 e. The van der Waals surface area contributed by atoms with E-state index in [0.29, 0.717) is 55.5 Å². The average molecular weight is 476 g/mol. The van der Waals surface area contributed by atoms with Crippen molar-refractivity contribution in [1.82, 2.24) is 4.31 Å². The Morgan fingerprint density at radius 2 is 1.82 bits per heavy atom. The molecule has 1 saturated heterocycles. The Kier molecular flexibility index (Phi) is 6.70. The van der Waals surface area contributed by atoms with E-state index in [2.05, 4.69) is 15.4 Å². The van der Waals surface area contributed by atoms with Crippen molar-refractivity contribution in [3.8, 4) is 11.5 Å². The van der Waals surface area contributed by atoms with Gasteiger partial charge in [0.1, 0.15) is 13.2 Å². The van der Waals surface area contributed by atoms with Crippen LogP contribution in [0.2, 0.25) is 0 Å². The number of anilines is 2. The zero-order valence-electron chi connectivity index (χ0n) is 18.1. The minimum Gasteiger partial charge on any atom is -0.486 e. The first kappa shape index (κ1) is 22.9. The van der Waals surface area contributed by atoms with Gasteiger partial charge in [-0.25, -0.2) is 13.2 Å². The lowest BCUT2D eigenvalue weighted by Gasteiger charge is -2.31. The summed E-state index contributed by atoms with van der Waals surface area (Å²) in [6.45, 7) is 1.23. The van der Waals surface area contributed by atoms with Gasteiger partial charge in [0.05, 0.1) is 23.6 Å². The molecule has 0 radical (unpaired) electrons. The number of ether oxygens (including phenoxy) is 3. The van der Waals surface area contributed by atoms with Crippen molar-refractivity contribution < 1.29 is 32.2 Å². The predicted octanol–water partition coefficient (Wildman–Crippen LogP) is 2.68. The van der Waals surface area contributed by atoms with E-state index in [4.69, 9.17) is 9.47 Å². The van der Waals surface area contributed by atoms with Crippen molar-refractivity contribution in [2.24, 2.45) is 5.92 Å². The molecular formula is C22H25N3O7S. The first-order chi connectivity index (χ1) is 15.9. The molecule has 2 aliphatic rings. The van der Waals surface area contributed by atoms with Crippen LogP contribution in [0.5, 0.6) is 11.5 Å². The van der Waals surface area contributed by atoms with Gasteiger partial charge in [0.15, 0.2) is 11.5 Å². The Hall–Kier alpha value is -3.31. The second kappa shape index (κ2) is 9.67. The molecule has 2 N–H and O–H groups in total. The standard InChI is InChI=1S/C22H25N3O7S/c1-30-22(27)23-16-7-9-17(10-8-16)33(28,29)25-11-3-4-15(14-25)21(26)24-18-5-2-6-19-20(18)32-13-12-31-19/h2,5-10,15H,3-4,11-14H2,1H3,(H,23,27)(H,24,26). The number of piperidine rings is 1. The molecule has 1 unspecified atom stereocenters. The van der Waals surface area contributed by atoms with E-state index in [0.717, 1.165) is 0 Å². The number of amides is 2. The molecule has 2 amide bonds. The van der Waals surface area contributed by atoms with Gasteiger partial charge < -0.3 is 19.5 Å². The predicted molar refractivity (Wildman–Crippen MR) is 120 cm³/mol. The van der Waals surface area contributed by atoms with Crippen molar-refractivity contribution >= 4 is 33.4 Å². The summed E-state index contributed by atoms with van der Waals surface area (Å²) in [7, 11) is -2.56. The molecule has 2 aromatic carbocycles. The Bertz CT molecular complexity index is 1140. The highest BCUT2D eigenvalue weighted by molar-refractivity contribution is 7.89. The molecule has 2 aliphatic heterocycles. The van der Waals surface area contributed by atoms with E-state index in [9.17, 15) is 18.0 Å². The molecule has 0 spiro atoms. The molecule has 33 heavy (non-hydrogen) atoms. The highest BCUT2D eigenvalue weighted by atomic mass is 32.2. The van der Waals surface area contributed by atoms with Gasteiger partial charge in [0.25, 0.3) is 0 Å². The van der Waals surface area contributed by atoms with E-state index < -0.39 is 22.0 Å². The number of nitrogens with zero attached hydrogens (tertiary/aromatic N) is 1. The first-order valence-electron chi connectivity index (χ1n) is 10.5. The number of rotatable bonds is 5. The van der Waals surface area contributed by atoms with Crippen molar-refractivity contribution in [2.75, 3.05) is 44.0 Å². The molecule has 0 aliphatic carbocycles. The first-order valence-corrected chi connectivity index (χ1v) is 12.0. The monoisotopic (exact) mass is 475 g/mol. The number of para-hydroxylation sites is 1. The SMILES string of the molecule is COC(=O)Nc1ccc(S(=O)(=O)N2CCCC(C(=O)Nc3cccc4c3OCCO4)C2)cc1. The molecule has 176 valence electrons. The van der Waals surface area contributed by atoms with E-state index >= 15 is 0 Å². The van der Waals surface area contributed by atoms with Crippen LogP contribution in [0.3, 0.4) is 0 Å². The summed E-state index contributed by atoms with van der Waals surface area (Å²) in [6.07, 6.45) is 0.491. The number of sulfonamides is 1. The van der Waals surface area contributed by atoms with Crippen molar-refractivity contribution in [2.45, 2.75) is 17.7 Å². The van der Waals surface area contributed by atoms with Crippen molar-refractivity contribution in [3.63, 3.8) is 0 Å². The number of benzene rings is 2. The van der Waals surface area contributed by atoms with E-state index in [1.54, 1.807) is 18.2 Å². The summed E-state index contributed by atoms with van der Waals surface area (Å²) in [6, 6.07) is 11.1. The molecule has 11 heteroatoms. The normalized spacial score (nSPS) is 18.3. The molecule has 1 atom stereocenters. The molecule has 0 saturated carbocycles. The number of methoxy groups -OCH3 is 1. The third-order valence-corrected chi connectivity index (χ3v) is 7.38. The van der Waals surface area contributed by atoms with Gasteiger partial charge in [0, 0.05) is 18.8 Å². The number of carbonyl (C=O) groups excluding carboxylic acids is 2. The van der Waals surface area contributed by atoms with Crippen LogP contribution < -0.4 is 20.1 Å². The third-order valence-electron chi connectivity index (χ3n) is 5.50. The highest BCUT2D eigenvalue weighted by Crippen LogP contribution is 2.37. The molecular weight excluding hydrogens is 450 g/mol.